The molecule has 3 aromatic rings. The van der Waals surface area contributed by atoms with Crippen LogP contribution < -0.4 is 20.5 Å². The van der Waals surface area contributed by atoms with E-state index in [4.69, 9.17) is 9.72 Å². The number of carbonyl (C=O) groups excluding carboxylic acids is 2. The van der Waals surface area contributed by atoms with E-state index < -0.39 is 0 Å². The van der Waals surface area contributed by atoms with Crippen molar-refractivity contribution in [1.82, 2.24) is 24.3 Å². The fourth-order valence-corrected chi connectivity index (χ4v) is 7.51. The number of likely N-dealkylation sites (tertiary alicyclic amines) is 1. The number of rotatable bonds is 5. The summed E-state index contributed by atoms with van der Waals surface area (Å²) in [5, 5.41) is 4.09. The summed E-state index contributed by atoms with van der Waals surface area (Å²) in [7, 11) is 0. The second-order valence-corrected chi connectivity index (χ2v) is 12.6. The predicted molar refractivity (Wildman–Crippen MR) is 165 cm³/mol. The molecule has 11 nitrogen and oxygen atoms in total. The molecule has 3 aliphatic heterocycles. The fourth-order valence-electron chi connectivity index (χ4n) is 7.51. The number of hydrogen-bond acceptors (Lipinski definition) is 9. The number of amides is 1. The Hall–Kier alpha value is -3.99. The van der Waals surface area contributed by atoms with Crippen LogP contribution in [0.1, 0.15) is 67.1 Å². The first-order valence-electron chi connectivity index (χ1n) is 15.4. The highest BCUT2D eigenvalue weighted by molar-refractivity contribution is 5.99. The summed E-state index contributed by atoms with van der Waals surface area (Å²) in [6.45, 7) is 12.0. The van der Waals surface area contributed by atoms with Gasteiger partial charge in [-0.3, -0.25) is 23.9 Å². The predicted octanol–water partition coefficient (Wildman–Crippen LogP) is 3.58. The molecule has 7 rings (SSSR count). The van der Waals surface area contributed by atoms with Gasteiger partial charge in [0.2, 0.25) is 11.9 Å². The van der Waals surface area contributed by atoms with Gasteiger partial charge >= 0.3 is 0 Å². The highest BCUT2D eigenvalue weighted by Crippen LogP contribution is 2.41. The van der Waals surface area contributed by atoms with Gasteiger partial charge in [-0.05, 0) is 50.8 Å². The van der Waals surface area contributed by atoms with Gasteiger partial charge in [0, 0.05) is 75.1 Å². The molecule has 0 bridgehead atoms. The van der Waals surface area contributed by atoms with Crippen LogP contribution in [0.15, 0.2) is 23.1 Å². The lowest BCUT2D eigenvalue weighted by Gasteiger charge is -2.52. The van der Waals surface area contributed by atoms with Crippen LogP contribution >= 0.6 is 0 Å². The Bertz CT molecular complexity index is 1690. The van der Waals surface area contributed by atoms with Gasteiger partial charge in [-0.15, -0.1) is 0 Å². The van der Waals surface area contributed by atoms with Crippen molar-refractivity contribution in [3.63, 3.8) is 0 Å². The van der Waals surface area contributed by atoms with Crippen LogP contribution in [0.25, 0.3) is 11.0 Å². The zero-order valence-electron chi connectivity index (χ0n) is 25.4. The van der Waals surface area contributed by atoms with E-state index in [-0.39, 0.29) is 34.9 Å². The van der Waals surface area contributed by atoms with Crippen LogP contribution in [0.4, 0.5) is 17.3 Å². The number of ether oxygens (including phenoxy) is 1. The van der Waals surface area contributed by atoms with Crippen molar-refractivity contribution in [2.75, 3.05) is 49.5 Å². The van der Waals surface area contributed by atoms with Crippen molar-refractivity contribution in [2.24, 2.45) is 0 Å². The standard InChI is InChI=1S/C32H39N7O4/c1-18-11-22(12-27-29(18)38-10-9-36(16-25(38)17-43-27)24-14-37(15-24)21(4)41)34-32-33-13-26-19(2)28(20(3)40)31(42)39(30(26)35-32)23-7-5-6-8-23/h11-13,23-25H,5-10,14-17H2,1-4H3,(H,33,34,35)/t25-/m0/s1. The summed E-state index contributed by atoms with van der Waals surface area (Å²) in [5.74, 6) is 1.16. The molecule has 3 fully saturated rings. The smallest absolute Gasteiger partial charge is 0.263 e. The second-order valence-electron chi connectivity index (χ2n) is 12.6. The van der Waals surface area contributed by atoms with E-state index in [1.807, 2.05) is 11.0 Å². The molecule has 5 heterocycles. The lowest BCUT2D eigenvalue weighted by atomic mass is 10.0. The largest absolute Gasteiger partial charge is 0.489 e. The van der Waals surface area contributed by atoms with E-state index in [9.17, 15) is 14.4 Å². The number of Topliss-reactive ketones (excluding diaryl/α,β-unsaturated/α-hetero) is 1. The number of ketones is 1. The Kier molecular flexibility index (Phi) is 6.87. The minimum absolute atomic E-state index is 0.0293. The molecule has 1 atom stereocenters. The average Bonchev–Trinajstić information content (AvgIpc) is 3.46. The maximum absolute atomic E-state index is 13.6. The van der Waals surface area contributed by atoms with Crippen molar-refractivity contribution >= 4 is 40.0 Å². The number of nitrogens with one attached hydrogen (secondary N) is 1. The van der Waals surface area contributed by atoms with Crippen molar-refractivity contribution in [3.8, 4) is 5.75 Å². The number of pyridine rings is 1. The maximum atomic E-state index is 13.6. The van der Waals surface area contributed by atoms with Crippen LogP contribution in [0, 0.1) is 13.8 Å². The lowest BCUT2D eigenvalue weighted by Crippen LogP contribution is -2.67. The fraction of sp³-hybridized carbons (Fsp3) is 0.531. The molecule has 1 saturated carbocycles. The number of aryl methyl sites for hydroxylation is 2. The van der Waals surface area contributed by atoms with E-state index in [0.717, 1.165) is 86.5 Å². The number of benzene rings is 1. The van der Waals surface area contributed by atoms with Crippen molar-refractivity contribution in [2.45, 2.75) is 71.5 Å². The Morgan fingerprint density at radius 1 is 1.00 bits per heavy atom. The van der Waals surface area contributed by atoms with E-state index in [1.54, 1.807) is 24.6 Å². The monoisotopic (exact) mass is 585 g/mol. The van der Waals surface area contributed by atoms with Gasteiger partial charge < -0.3 is 19.9 Å². The highest BCUT2D eigenvalue weighted by Gasteiger charge is 2.40. The highest BCUT2D eigenvalue weighted by atomic mass is 16.5. The Morgan fingerprint density at radius 3 is 2.49 bits per heavy atom. The van der Waals surface area contributed by atoms with Crippen LogP contribution in [0.2, 0.25) is 0 Å². The van der Waals surface area contributed by atoms with E-state index in [2.05, 4.69) is 33.1 Å². The SMILES string of the molecule is CC(=O)c1c(C)c2cnc(Nc3cc(C)c4c(c3)OC[C@@H]3CN(C5CN(C(C)=O)C5)CCN43)nc2n(C2CCCC2)c1=O. The number of fused-ring (bicyclic) bond motifs is 4. The number of aromatic nitrogens is 3. The van der Waals surface area contributed by atoms with Crippen LogP contribution in [-0.4, -0.2) is 87.4 Å². The van der Waals surface area contributed by atoms with Gasteiger partial charge in [-0.1, -0.05) is 12.8 Å². The zero-order valence-corrected chi connectivity index (χ0v) is 25.4. The number of piperazine rings is 1. The molecule has 1 aromatic carbocycles. The molecule has 2 saturated heterocycles. The van der Waals surface area contributed by atoms with E-state index in [0.29, 0.717) is 29.8 Å². The summed E-state index contributed by atoms with van der Waals surface area (Å²) in [5.41, 5.74) is 4.23. The first-order chi connectivity index (χ1) is 20.7. The lowest BCUT2D eigenvalue weighted by molar-refractivity contribution is -0.136. The average molecular weight is 586 g/mol. The van der Waals surface area contributed by atoms with Gasteiger partial charge in [-0.2, -0.15) is 4.98 Å². The summed E-state index contributed by atoms with van der Waals surface area (Å²) >= 11 is 0. The van der Waals surface area contributed by atoms with Gasteiger partial charge in [0.1, 0.15) is 18.0 Å². The first kappa shape index (κ1) is 27.8. The van der Waals surface area contributed by atoms with Gasteiger partial charge in [-0.25, -0.2) is 4.98 Å². The Morgan fingerprint density at radius 2 is 1.77 bits per heavy atom. The van der Waals surface area contributed by atoms with Crippen LogP contribution in [0.5, 0.6) is 5.75 Å². The molecule has 43 heavy (non-hydrogen) atoms. The minimum atomic E-state index is -0.254. The van der Waals surface area contributed by atoms with Crippen molar-refractivity contribution in [3.05, 3.63) is 45.4 Å². The quantitative estimate of drug-likeness (QED) is 0.449. The summed E-state index contributed by atoms with van der Waals surface area (Å²) in [6.07, 6.45) is 5.64. The second kappa shape index (κ2) is 10.6. The molecule has 1 N–H and O–H groups in total. The molecular weight excluding hydrogens is 546 g/mol. The molecule has 0 unspecified atom stereocenters. The minimum Gasteiger partial charge on any atom is -0.489 e. The first-order valence-corrected chi connectivity index (χ1v) is 15.4. The molecule has 11 heteroatoms. The topological polar surface area (TPSA) is 113 Å². The third-order valence-corrected chi connectivity index (χ3v) is 9.83. The molecule has 1 amide bonds. The maximum Gasteiger partial charge on any atom is 0.263 e. The van der Waals surface area contributed by atoms with Crippen molar-refractivity contribution < 1.29 is 14.3 Å². The Balaban J connectivity index is 1.15. The molecule has 4 aliphatic rings. The van der Waals surface area contributed by atoms with E-state index >= 15 is 0 Å². The number of nitrogens with zero attached hydrogens (tertiary/aromatic N) is 6. The van der Waals surface area contributed by atoms with Gasteiger partial charge in [0.25, 0.3) is 5.56 Å². The molecule has 0 radical (unpaired) electrons. The number of anilines is 3. The molecule has 0 spiro atoms. The molecule has 1 aliphatic carbocycles. The molecular formula is C32H39N7O4. The normalized spacial score (nSPS) is 20.9. The summed E-state index contributed by atoms with van der Waals surface area (Å²) in [4.78, 5) is 54.0. The summed E-state index contributed by atoms with van der Waals surface area (Å²) < 4.78 is 8.06. The number of hydrogen-bond donors (Lipinski definition) is 1. The molecule has 226 valence electrons. The van der Waals surface area contributed by atoms with E-state index in [1.165, 1.54) is 6.92 Å². The Labute approximate surface area is 250 Å². The van der Waals surface area contributed by atoms with Crippen LogP contribution in [0.3, 0.4) is 0 Å². The third kappa shape index (κ3) is 4.74. The number of carbonyl (C=O) groups is 2. The summed E-state index contributed by atoms with van der Waals surface area (Å²) in [6, 6.07) is 4.83. The van der Waals surface area contributed by atoms with Gasteiger partial charge in [0.15, 0.2) is 5.78 Å². The van der Waals surface area contributed by atoms with Gasteiger partial charge in [0.05, 0.1) is 17.3 Å². The third-order valence-electron chi connectivity index (χ3n) is 9.83. The van der Waals surface area contributed by atoms with Crippen LogP contribution in [-0.2, 0) is 4.79 Å². The zero-order chi connectivity index (χ0) is 30.0. The molecule has 2 aromatic heterocycles. The van der Waals surface area contributed by atoms with Crippen molar-refractivity contribution in [1.29, 1.82) is 0 Å².